The van der Waals surface area contributed by atoms with Crippen molar-refractivity contribution in [3.63, 3.8) is 0 Å². The van der Waals surface area contributed by atoms with Crippen molar-refractivity contribution in [3.05, 3.63) is 65.3 Å². The zero-order chi connectivity index (χ0) is 18.4. The third kappa shape index (κ3) is 4.93. The molecule has 1 amide bonds. The van der Waals surface area contributed by atoms with Crippen LogP contribution in [0.1, 0.15) is 23.2 Å². The van der Waals surface area contributed by atoms with Crippen molar-refractivity contribution in [1.29, 1.82) is 0 Å². The van der Waals surface area contributed by atoms with Crippen LogP contribution in [0.25, 0.3) is 0 Å². The molecule has 0 atom stereocenters. The fourth-order valence-electron chi connectivity index (χ4n) is 3.07. The minimum atomic E-state index is -0.160. The molecule has 0 saturated carbocycles. The molecule has 6 heteroatoms. The van der Waals surface area contributed by atoms with Crippen molar-refractivity contribution in [3.8, 4) is 0 Å². The number of likely N-dealkylation sites (tertiary alicyclic amines) is 1. The van der Waals surface area contributed by atoms with Gasteiger partial charge in [0.1, 0.15) is 5.82 Å². The molecule has 0 bridgehead atoms. The third-order valence-corrected chi connectivity index (χ3v) is 5.00. The van der Waals surface area contributed by atoms with Crippen molar-refractivity contribution in [2.45, 2.75) is 18.9 Å². The van der Waals surface area contributed by atoms with Crippen LogP contribution in [0.5, 0.6) is 0 Å². The van der Waals surface area contributed by atoms with E-state index in [1.807, 2.05) is 30.3 Å². The van der Waals surface area contributed by atoms with Crippen LogP contribution in [0.3, 0.4) is 0 Å². The van der Waals surface area contributed by atoms with Crippen LogP contribution < -0.4 is 10.6 Å². The number of rotatable bonds is 6. The molecule has 1 aromatic heterocycles. The van der Waals surface area contributed by atoms with Gasteiger partial charge in [-0.3, -0.25) is 9.69 Å². The Morgan fingerprint density at radius 3 is 2.69 bits per heavy atom. The van der Waals surface area contributed by atoms with Crippen LogP contribution in [-0.4, -0.2) is 41.5 Å². The Balaban J connectivity index is 1.65. The minimum Gasteiger partial charge on any atom is -0.367 e. The Bertz CT molecular complexity index is 755. The molecule has 26 heavy (non-hydrogen) atoms. The van der Waals surface area contributed by atoms with Crippen LogP contribution in [0.2, 0.25) is 0 Å². The summed E-state index contributed by atoms with van der Waals surface area (Å²) in [5.74, 6) is 0.483. The molecular formula is C20H23BrN4O. The number of hydrogen-bond acceptors (Lipinski definition) is 4. The van der Waals surface area contributed by atoms with Crippen LogP contribution in [-0.2, 0) is 0 Å². The van der Waals surface area contributed by atoms with Crippen molar-refractivity contribution < 1.29 is 4.79 Å². The molecule has 5 nitrogen and oxygen atoms in total. The summed E-state index contributed by atoms with van der Waals surface area (Å²) >= 11 is 3.40. The Kier molecular flexibility index (Phi) is 6.41. The number of pyridine rings is 1. The highest BCUT2D eigenvalue weighted by Gasteiger charge is 2.21. The van der Waals surface area contributed by atoms with Gasteiger partial charge in [-0.2, -0.15) is 0 Å². The number of amides is 1. The zero-order valence-corrected chi connectivity index (χ0v) is 16.2. The maximum Gasteiger partial charge on any atom is 0.259 e. The predicted molar refractivity (Wildman–Crippen MR) is 110 cm³/mol. The Morgan fingerprint density at radius 2 is 2.00 bits per heavy atom. The highest BCUT2D eigenvalue weighted by atomic mass is 79.9. The van der Waals surface area contributed by atoms with Crippen LogP contribution in [0.4, 0.5) is 11.5 Å². The summed E-state index contributed by atoms with van der Waals surface area (Å²) in [7, 11) is 0. The second-order valence-electron chi connectivity index (χ2n) is 6.37. The highest BCUT2D eigenvalue weighted by molar-refractivity contribution is 9.10. The average Bonchev–Trinajstić information content (AvgIpc) is 2.66. The van der Waals surface area contributed by atoms with Gasteiger partial charge in [-0.15, -0.1) is 6.58 Å². The molecular weight excluding hydrogens is 392 g/mol. The SMILES string of the molecule is C=CCN1CCC(Nc2ncccc2C(=O)Nc2ccc(Br)cc2)CC1. The van der Waals surface area contributed by atoms with Gasteiger partial charge in [0.25, 0.3) is 5.91 Å². The molecule has 0 unspecified atom stereocenters. The molecule has 1 aromatic carbocycles. The minimum absolute atomic E-state index is 0.160. The van der Waals surface area contributed by atoms with Gasteiger partial charge in [0.15, 0.2) is 0 Å². The summed E-state index contributed by atoms with van der Waals surface area (Å²) in [6.45, 7) is 6.77. The van der Waals surface area contributed by atoms with E-state index in [9.17, 15) is 4.79 Å². The number of halogens is 1. The van der Waals surface area contributed by atoms with E-state index in [2.05, 4.69) is 43.0 Å². The number of hydrogen-bond donors (Lipinski definition) is 2. The third-order valence-electron chi connectivity index (χ3n) is 4.47. The first-order chi connectivity index (χ1) is 12.7. The molecule has 0 aliphatic carbocycles. The summed E-state index contributed by atoms with van der Waals surface area (Å²) in [5, 5.41) is 6.38. The molecule has 1 aliphatic heterocycles. The number of carbonyl (C=O) groups is 1. The van der Waals surface area contributed by atoms with Gasteiger partial charge >= 0.3 is 0 Å². The van der Waals surface area contributed by atoms with E-state index in [1.54, 1.807) is 18.3 Å². The quantitative estimate of drug-likeness (QED) is 0.696. The molecule has 0 radical (unpaired) electrons. The molecule has 1 aliphatic rings. The van der Waals surface area contributed by atoms with E-state index in [0.717, 1.165) is 42.6 Å². The van der Waals surface area contributed by atoms with Crippen LogP contribution in [0, 0.1) is 0 Å². The molecule has 2 N–H and O–H groups in total. The van der Waals surface area contributed by atoms with Crippen molar-refractivity contribution in [2.24, 2.45) is 0 Å². The molecule has 2 aromatic rings. The second kappa shape index (κ2) is 8.96. The van der Waals surface area contributed by atoms with Gasteiger partial charge < -0.3 is 10.6 Å². The van der Waals surface area contributed by atoms with Crippen molar-refractivity contribution in [1.82, 2.24) is 9.88 Å². The largest absolute Gasteiger partial charge is 0.367 e. The Morgan fingerprint density at radius 1 is 1.27 bits per heavy atom. The lowest BCUT2D eigenvalue weighted by Gasteiger charge is -2.32. The molecule has 0 spiro atoms. The van der Waals surface area contributed by atoms with Gasteiger partial charge in [0, 0.05) is 42.0 Å². The van der Waals surface area contributed by atoms with E-state index in [-0.39, 0.29) is 5.91 Å². The lowest BCUT2D eigenvalue weighted by atomic mass is 10.0. The van der Waals surface area contributed by atoms with Gasteiger partial charge in [0.05, 0.1) is 5.56 Å². The van der Waals surface area contributed by atoms with Gasteiger partial charge in [0.2, 0.25) is 0 Å². The van der Waals surface area contributed by atoms with E-state index in [4.69, 9.17) is 0 Å². The van der Waals surface area contributed by atoms with Crippen LogP contribution >= 0.6 is 15.9 Å². The Labute approximate surface area is 162 Å². The fourth-order valence-corrected chi connectivity index (χ4v) is 3.34. The Hall–Kier alpha value is -2.18. The number of nitrogens with one attached hydrogen (secondary N) is 2. The number of aromatic nitrogens is 1. The maximum absolute atomic E-state index is 12.7. The number of nitrogens with zero attached hydrogens (tertiary/aromatic N) is 2. The molecule has 2 heterocycles. The van der Waals surface area contributed by atoms with E-state index in [0.29, 0.717) is 17.4 Å². The summed E-state index contributed by atoms with van der Waals surface area (Å²) in [5.41, 5.74) is 1.31. The van der Waals surface area contributed by atoms with E-state index < -0.39 is 0 Å². The molecule has 136 valence electrons. The highest BCUT2D eigenvalue weighted by Crippen LogP contribution is 2.20. The fraction of sp³-hybridized carbons (Fsp3) is 0.300. The van der Waals surface area contributed by atoms with Crippen molar-refractivity contribution >= 4 is 33.3 Å². The van der Waals surface area contributed by atoms with Gasteiger partial charge in [-0.1, -0.05) is 22.0 Å². The summed E-state index contributed by atoms with van der Waals surface area (Å²) < 4.78 is 0.974. The first kappa shape index (κ1) is 18.6. The van der Waals surface area contributed by atoms with Gasteiger partial charge in [-0.05, 0) is 49.2 Å². The van der Waals surface area contributed by atoms with Crippen LogP contribution in [0.15, 0.2) is 59.7 Å². The second-order valence-corrected chi connectivity index (χ2v) is 7.28. The zero-order valence-electron chi connectivity index (χ0n) is 14.6. The standard InChI is InChI=1S/C20H23BrN4O/c1-2-12-25-13-9-17(10-14-25)23-19-18(4-3-11-22-19)20(26)24-16-7-5-15(21)6-8-16/h2-8,11,17H,1,9-10,12-14H2,(H,22,23)(H,24,26). The lowest BCUT2D eigenvalue weighted by Crippen LogP contribution is -2.39. The van der Waals surface area contributed by atoms with E-state index in [1.165, 1.54) is 0 Å². The first-order valence-electron chi connectivity index (χ1n) is 8.77. The predicted octanol–water partition coefficient (Wildman–Crippen LogP) is 4.16. The normalized spacial score (nSPS) is 15.4. The average molecular weight is 415 g/mol. The molecule has 3 rings (SSSR count). The molecule has 1 saturated heterocycles. The molecule has 1 fully saturated rings. The number of piperidine rings is 1. The maximum atomic E-state index is 12.7. The summed E-state index contributed by atoms with van der Waals surface area (Å²) in [4.78, 5) is 19.5. The van der Waals surface area contributed by atoms with E-state index >= 15 is 0 Å². The van der Waals surface area contributed by atoms with Gasteiger partial charge in [-0.25, -0.2) is 4.98 Å². The summed E-state index contributed by atoms with van der Waals surface area (Å²) in [6, 6.07) is 11.4. The monoisotopic (exact) mass is 414 g/mol. The smallest absolute Gasteiger partial charge is 0.259 e. The number of anilines is 2. The van der Waals surface area contributed by atoms with Crippen molar-refractivity contribution in [2.75, 3.05) is 30.3 Å². The lowest BCUT2D eigenvalue weighted by molar-refractivity contribution is 0.102. The topological polar surface area (TPSA) is 57.3 Å². The number of carbonyl (C=O) groups excluding carboxylic acids is 1. The summed E-state index contributed by atoms with van der Waals surface area (Å²) in [6.07, 6.45) is 5.71. The number of benzene rings is 1. The first-order valence-corrected chi connectivity index (χ1v) is 9.56.